The van der Waals surface area contributed by atoms with Crippen LogP contribution in [0, 0.1) is 0 Å². The summed E-state index contributed by atoms with van der Waals surface area (Å²) in [5.74, 6) is -0.883. The van der Waals surface area contributed by atoms with Crippen LogP contribution in [0.2, 0.25) is 0 Å². The van der Waals surface area contributed by atoms with E-state index in [0.717, 1.165) is 38.5 Å². The topological polar surface area (TPSA) is 104 Å². The van der Waals surface area contributed by atoms with Crippen molar-refractivity contribution >= 4 is 16.0 Å². The molecule has 3 N–H and O–H groups in total. The molecule has 0 aliphatic carbocycles. The van der Waals surface area contributed by atoms with E-state index in [1.807, 2.05) is 0 Å². The van der Waals surface area contributed by atoms with E-state index in [-0.39, 0.29) is 5.91 Å². The first-order valence-electron chi connectivity index (χ1n) is 20.7. The van der Waals surface area contributed by atoms with E-state index in [4.69, 9.17) is 0 Å². The lowest BCUT2D eigenvalue weighted by Crippen LogP contribution is -2.47. The summed E-state index contributed by atoms with van der Waals surface area (Å²) in [6.45, 7) is 4.52. The van der Waals surface area contributed by atoms with Gasteiger partial charge in [0, 0.05) is 6.42 Å². The molecule has 6 nitrogen and oxygen atoms in total. The Hall–Kier alpha value is -0.660. The standard InChI is InChI=1S/C40H81NO5S/c1-3-5-7-9-11-13-15-16-17-18-19-20-21-22-23-24-26-28-30-32-34-36-40(43)41-38(37-47(44,45)46)39(42)35-33-31-29-27-25-14-12-10-8-6-4-2/h38-39,42H,3-37H2,1-2H3,(H,41,43)(H,44,45,46). The molecule has 0 aromatic heterocycles. The van der Waals surface area contributed by atoms with Gasteiger partial charge >= 0.3 is 0 Å². The van der Waals surface area contributed by atoms with Crippen molar-refractivity contribution in [2.75, 3.05) is 5.75 Å². The Kier molecular flexibility index (Phi) is 34.7. The van der Waals surface area contributed by atoms with E-state index >= 15 is 0 Å². The van der Waals surface area contributed by atoms with Crippen molar-refractivity contribution in [3.63, 3.8) is 0 Å². The molecule has 1 amide bonds. The number of rotatable bonds is 38. The van der Waals surface area contributed by atoms with E-state index in [2.05, 4.69) is 19.2 Å². The van der Waals surface area contributed by atoms with Gasteiger partial charge in [0.05, 0.1) is 17.9 Å². The second-order valence-electron chi connectivity index (χ2n) is 14.6. The smallest absolute Gasteiger partial charge is 0.266 e. The molecule has 2 unspecified atom stereocenters. The number of unbranched alkanes of at least 4 members (excludes halogenated alkanes) is 30. The van der Waals surface area contributed by atoms with Crippen molar-refractivity contribution in [2.24, 2.45) is 0 Å². The molecule has 0 fully saturated rings. The largest absolute Gasteiger partial charge is 0.391 e. The van der Waals surface area contributed by atoms with Crippen LogP contribution in [0.3, 0.4) is 0 Å². The quantitative estimate of drug-likeness (QED) is 0.0443. The zero-order chi connectivity index (χ0) is 34.7. The van der Waals surface area contributed by atoms with Gasteiger partial charge in [0.25, 0.3) is 10.1 Å². The zero-order valence-electron chi connectivity index (χ0n) is 31.4. The van der Waals surface area contributed by atoms with Crippen LogP contribution < -0.4 is 5.32 Å². The van der Waals surface area contributed by atoms with E-state index in [1.54, 1.807) is 0 Å². The lowest BCUT2D eigenvalue weighted by atomic mass is 10.0. The molecule has 7 heteroatoms. The van der Waals surface area contributed by atoms with Crippen molar-refractivity contribution in [1.82, 2.24) is 5.32 Å². The molecule has 2 atom stereocenters. The Morgan fingerprint density at radius 2 is 0.766 bits per heavy atom. The lowest BCUT2D eigenvalue weighted by molar-refractivity contribution is -0.122. The van der Waals surface area contributed by atoms with E-state index in [0.29, 0.717) is 12.8 Å². The second kappa shape index (κ2) is 35.2. The van der Waals surface area contributed by atoms with Gasteiger partial charge in [-0.1, -0.05) is 213 Å². The van der Waals surface area contributed by atoms with Crippen LogP contribution in [0.4, 0.5) is 0 Å². The zero-order valence-corrected chi connectivity index (χ0v) is 32.2. The van der Waals surface area contributed by atoms with Crippen molar-refractivity contribution in [2.45, 2.75) is 244 Å². The SMILES string of the molecule is CCCCCCCCCCCCCCCCCCCCCCCC(=O)NC(CS(=O)(=O)O)C(O)CCCCCCCCCCCCC. The van der Waals surface area contributed by atoms with Crippen molar-refractivity contribution < 1.29 is 22.9 Å². The molecule has 0 aliphatic heterocycles. The summed E-state index contributed by atoms with van der Waals surface area (Å²) in [7, 11) is -4.30. The molecule has 282 valence electrons. The highest BCUT2D eigenvalue weighted by Gasteiger charge is 2.26. The fraction of sp³-hybridized carbons (Fsp3) is 0.975. The van der Waals surface area contributed by atoms with Gasteiger partial charge in [-0.05, 0) is 12.8 Å². The highest BCUT2D eigenvalue weighted by atomic mass is 32.2. The van der Waals surface area contributed by atoms with E-state index < -0.39 is 28.0 Å². The van der Waals surface area contributed by atoms with Gasteiger partial charge in [0.1, 0.15) is 0 Å². The summed E-state index contributed by atoms with van der Waals surface area (Å²) in [6, 6.07) is -0.962. The predicted molar refractivity (Wildman–Crippen MR) is 203 cm³/mol. The fourth-order valence-electron chi connectivity index (χ4n) is 6.69. The molecule has 0 radical (unpaired) electrons. The van der Waals surface area contributed by atoms with Crippen LogP contribution in [-0.4, -0.2) is 41.9 Å². The van der Waals surface area contributed by atoms with Gasteiger partial charge in [-0.25, -0.2) is 0 Å². The maximum atomic E-state index is 12.5. The Labute approximate surface area is 293 Å². The van der Waals surface area contributed by atoms with Gasteiger partial charge in [-0.2, -0.15) is 8.42 Å². The fourth-order valence-corrected chi connectivity index (χ4v) is 7.45. The molecular weight excluding hydrogens is 607 g/mol. The van der Waals surface area contributed by atoms with Crippen LogP contribution in [0.25, 0.3) is 0 Å². The number of carbonyl (C=O) groups excluding carboxylic acids is 1. The van der Waals surface area contributed by atoms with Gasteiger partial charge in [-0.15, -0.1) is 0 Å². The molecule has 0 bridgehead atoms. The molecule has 0 rings (SSSR count). The summed E-state index contributed by atoms with van der Waals surface area (Å²) in [6.07, 6.45) is 40.6. The molecule has 0 heterocycles. The summed E-state index contributed by atoms with van der Waals surface area (Å²) >= 11 is 0. The van der Waals surface area contributed by atoms with Gasteiger partial charge in [0.2, 0.25) is 5.91 Å². The maximum absolute atomic E-state index is 12.5. The first-order valence-corrected chi connectivity index (χ1v) is 22.3. The molecule has 0 spiro atoms. The monoisotopic (exact) mass is 688 g/mol. The Bertz CT molecular complexity index is 760. The first kappa shape index (κ1) is 46.3. The molecule has 47 heavy (non-hydrogen) atoms. The molecular formula is C40H81NO5S. The average Bonchev–Trinajstić information content (AvgIpc) is 3.03. The molecule has 0 aromatic carbocycles. The maximum Gasteiger partial charge on any atom is 0.266 e. The van der Waals surface area contributed by atoms with E-state index in [9.17, 15) is 22.9 Å². The van der Waals surface area contributed by atoms with Crippen molar-refractivity contribution in [1.29, 1.82) is 0 Å². The number of hydrogen-bond acceptors (Lipinski definition) is 4. The highest BCUT2D eigenvalue weighted by Crippen LogP contribution is 2.17. The van der Waals surface area contributed by atoms with Crippen LogP contribution >= 0.6 is 0 Å². The van der Waals surface area contributed by atoms with E-state index in [1.165, 1.54) is 167 Å². The van der Waals surface area contributed by atoms with Gasteiger partial charge in [-0.3, -0.25) is 9.35 Å². The molecule has 0 saturated heterocycles. The van der Waals surface area contributed by atoms with Crippen molar-refractivity contribution in [3.05, 3.63) is 0 Å². The number of amides is 1. The minimum absolute atomic E-state index is 0.241. The normalized spacial score (nSPS) is 13.2. The first-order chi connectivity index (χ1) is 22.8. The lowest BCUT2D eigenvalue weighted by Gasteiger charge is -2.23. The number of aliphatic hydroxyl groups excluding tert-OH is 1. The third-order valence-corrected chi connectivity index (χ3v) is 10.6. The number of hydrogen-bond donors (Lipinski definition) is 3. The summed E-state index contributed by atoms with van der Waals surface area (Å²) < 4.78 is 32.4. The summed E-state index contributed by atoms with van der Waals surface area (Å²) in [4.78, 5) is 12.5. The molecule has 0 aromatic rings. The Balaban J connectivity index is 3.74. The number of aliphatic hydroxyl groups is 1. The molecule has 0 aliphatic rings. The average molecular weight is 688 g/mol. The number of nitrogens with one attached hydrogen (secondary N) is 1. The van der Waals surface area contributed by atoms with Gasteiger partial charge in [0.15, 0.2) is 0 Å². The Morgan fingerprint density at radius 3 is 1.06 bits per heavy atom. The van der Waals surface area contributed by atoms with Crippen LogP contribution in [-0.2, 0) is 14.9 Å². The van der Waals surface area contributed by atoms with Crippen molar-refractivity contribution in [3.8, 4) is 0 Å². The highest BCUT2D eigenvalue weighted by molar-refractivity contribution is 7.85. The summed E-state index contributed by atoms with van der Waals surface area (Å²) in [5.41, 5.74) is 0. The van der Waals surface area contributed by atoms with Crippen LogP contribution in [0.15, 0.2) is 0 Å². The third kappa shape index (κ3) is 36.4. The van der Waals surface area contributed by atoms with Gasteiger partial charge < -0.3 is 10.4 Å². The predicted octanol–water partition coefficient (Wildman–Crippen LogP) is 12.0. The minimum Gasteiger partial charge on any atom is -0.391 e. The molecule has 0 saturated carbocycles. The second-order valence-corrected chi connectivity index (χ2v) is 16.1. The third-order valence-electron chi connectivity index (χ3n) is 9.81. The minimum atomic E-state index is -4.30. The van der Waals surface area contributed by atoms with Crippen LogP contribution in [0.1, 0.15) is 232 Å². The Morgan fingerprint density at radius 1 is 0.489 bits per heavy atom. The number of carbonyl (C=O) groups is 1. The summed E-state index contributed by atoms with van der Waals surface area (Å²) in [5, 5.41) is 13.3. The van der Waals surface area contributed by atoms with Crippen LogP contribution in [0.5, 0.6) is 0 Å².